The van der Waals surface area contributed by atoms with Gasteiger partial charge in [-0.1, -0.05) is 41.5 Å². The van der Waals surface area contributed by atoms with E-state index in [2.05, 4.69) is 19.2 Å². The van der Waals surface area contributed by atoms with Crippen LogP contribution in [0.5, 0.6) is 0 Å². The number of anilines is 1. The maximum absolute atomic E-state index is 13.6. The van der Waals surface area contributed by atoms with E-state index in [1.807, 2.05) is 32.6 Å². The maximum Gasteiger partial charge on any atom is 0.226 e. The highest BCUT2D eigenvalue weighted by molar-refractivity contribution is 7.15. The van der Waals surface area contributed by atoms with E-state index in [-0.39, 0.29) is 41.1 Å². The summed E-state index contributed by atoms with van der Waals surface area (Å²) in [6, 6.07) is 0. The van der Waals surface area contributed by atoms with E-state index < -0.39 is 11.5 Å². The minimum atomic E-state index is -0.647. The van der Waals surface area contributed by atoms with Gasteiger partial charge in [-0.2, -0.15) is 0 Å². The second-order valence-electron chi connectivity index (χ2n) is 13.4. The molecule has 0 bridgehead atoms. The van der Waals surface area contributed by atoms with Gasteiger partial charge in [-0.3, -0.25) is 9.59 Å². The smallest absolute Gasteiger partial charge is 0.226 e. The molecule has 3 aliphatic rings. The predicted molar refractivity (Wildman–Crippen MR) is 143 cm³/mol. The second-order valence-corrected chi connectivity index (χ2v) is 14.5. The first-order valence-corrected chi connectivity index (χ1v) is 14.4. The molecule has 7 nitrogen and oxygen atoms in total. The third-order valence-electron chi connectivity index (χ3n) is 9.35. The van der Waals surface area contributed by atoms with Crippen LogP contribution in [-0.2, 0) is 16.0 Å². The molecule has 2 heterocycles. The van der Waals surface area contributed by atoms with E-state index in [0.717, 1.165) is 42.9 Å². The Kier molecular flexibility index (Phi) is 7.64. The van der Waals surface area contributed by atoms with Crippen molar-refractivity contribution in [3.8, 4) is 0 Å². The summed E-state index contributed by atoms with van der Waals surface area (Å²) in [5, 5.41) is 25.0. The number of hydrogen-bond acceptors (Lipinski definition) is 6. The average molecular weight is 520 g/mol. The van der Waals surface area contributed by atoms with Crippen LogP contribution in [-0.4, -0.2) is 57.7 Å². The molecule has 0 aromatic carbocycles. The van der Waals surface area contributed by atoms with Gasteiger partial charge in [0.1, 0.15) is 0 Å². The summed E-state index contributed by atoms with van der Waals surface area (Å²) in [7, 11) is 0. The molecule has 0 unspecified atom stereocenters. The van der Waals surface area contributed by atoms with Gasteiger partial charge in [0.25, 0.3) is 0 Å². The molecule has 4 rings (SSSR count). The van der Waals surface area contributed by atoms with Crippen molar-refractivity contribution in [3.05, 3.63) is 10.6 Å². The number of thiazole rings is 1. The summed E-state index contributed by atoms with van der Waals surface area (Å²) in [4.78, 5) is 34.2. The third kappa shape index (κ3) is 5.23. The van der Waals surface area contributed by atoms with Crippen molar-refractivity contribution in [3.63, 3.8) is 0 Å². The Balaban J connectivity index is 1.67. The van der Waals surface area contributed by atoms with Crippen LogP contribution in [0.3, 0.4) is 0 Å². The first-order chi connectivity index (χ1) is 16.8. The quantitative estimate of drug-likeness (QED) is 0.528. The lowest BCUT2D eigenvalue weighted by atomic mass is 9.47. The highest BCUT2D eigenvalue weighted by Crippen LogP contribution is 2.63. The number of nitrogens with one attached hydrogen (secondary N) is 1. The fraction of sp³-hybridized carbons (Fsp3) is 0.821. The Bertz CT molecular complexity index is 980. The van der Waals surface area contributed by atoms with Gasteiger partial charge >= 0.3 is 0 Å². The number of nitrogens with zero attached hydrogens (tertiary/aromatic N) is 2. The number of aliphatic hydroxyl groups excluding tert-OH is 2. The lowest BCUT2D eigenvalue weighted by Crippen LogP contribution is -2.57. The van der Waals surface area contributed by atoms with E-state index in [4.69, 9.17) is 4.98 Å². The molecule has 1 saturated carbocycles. The number of hydrogen-bond donors (Lipinski definition) is 3. The van der Waals surface area contributed by atoms with E-state index in [9.17, 15) is 19.8 Å². The first kappa shape index (κ1) is 27.5. The van der Waals surface area contributed by atoms with Crippen molar-refractivity contribution in [1.29, 1.82) is 0 Å². The van der Waals surface area contributed by atoms with Crippen LogP contribution in [0.15, 0.2) is 0 Å². The molecular formula is C28H45N3O4S. The van der Waals surface area contributed by atoms with Gasteiger partial charge in [0.05, 0.1) is 18.4 Å². The van der Waals surface area contributed by atoms with Gasteiger partial charge in [-0.25, -0.2) is 4.98 Å². The summed E-state index contributed by atoms with van der Waals surface area (Å²) in [5.74, 6) is 0.677. The number of carbonyl (C=O) groups excluding carboxylic acids is 2. The van der Waals surface area contributed by atoms with Crippen LogP contribution < -0.4 is 5.32 Å². The number of aromatic nitrogens is 1. The number of piperidine rings is 1. The highest BCUT2D eigenvalue weighted by atomic mass is 32.1. The zero-order valence-corrected chi connectivity index (χ0v) is 23.7. The SMILES string of the molecule is CC1CCN(C(=O)C[C@H]2c3nc(NC(=O)CC(C)(C)C)sc3C[C@H]3[C@](C)(CO)[C@H](O)CC[C@]32C)CC1. The molecule has 202 valence electrons. The third-order valence-corrected chi connectivity index (χ3v) is 10.4. The largest absolute Gasteiger partial charge is 0.396 e. The molecule has 1 aliphatic heterocycles. The average Bonchev–Trinajstić information content (AvgIpc) is 3.18. The molecule has 2 aliphatic carbocycles. The zero-order chi connectivity index (χ0) is 26.5. The van der Waals surface area contributed by atoms with Crippen molar-refractivity contribution < 1.29 is 19.8 Å². The monoisotopic (exact) mass is 519 g/mol. The van der Waals surface area contributed by atoms with Crippen LogP contribution in [0.1, 0.15) is 96.6 Å². The topological polar surface area (TPSA) is 103 Å². The Hall–Kier alpha value is -1.51. The molecular weight excluding hydrogens is 474 g/mol. The number of rotatable bonds is 5. The van der Waals surface area contributed by atoms with Crippen LogP contribution in [0, 0.1) is 28.1 Å². The van der Waals surface area contributed by atoms with Gasteiger partial charge in [-0.15, -0.1) is 11.3 Å². The van der Waals surface area contributed by atoms with Crippen molar-refractivity contribution in [2.24, 2.45) is 28.1 Å². The van der Waals surface area contributed by atoms with Gasteiger partial charge in [0, 0.05) is 42.1 Å². The molecule has 1 aromatic heterocycles. The Morgan fingerprint density at radius 2 is 1.86 bits per heavy atom. The minimum absolute atomic E-state index is 0.0176. The standard InChI is InChI=1S/C28H45N3O4S/c1-17-8-11-31(12-9-17)23(35)13-18-24-19(36-25(30-24)29-22(34)15-26(2,3)4)14-20-27(18,5)10-7-21(33)28(20,6)16-32/h17-18,20-21,32-33H,7-16H2,1-6H3,(H,29,30,34)/t18-,20+,21+,27-,28-/m0/s1. The van der Waals surface area contributed by atoms with E-state index in [1.54, 1.807) is 0 Å². The molecule has 0 spiro atoms. The van der Waals surface area contributed by atoms with E-state index in [0.29, 0.717) is 36.7 Å². The lowest BCUT2D eigenvalue weighted by Gasteiger charge is -2.58. The summed E-state index contributed by atoms with van der Waals surface area (Å²) in [6.45, 7) is 14.1. The van der Waals surface area contributed by atoms with Crippen molar-refractivity contribution in [2.75, 3.05) is 25.0 Å². The van der Waals surface area contributed by atoms with Crippen molar-refractivity contribution in [2.45, 2.75) is 98.5 Å². The van der Waals surface area contributed by atoms with Gasteiger partial charge in [0.15, 0.2) is 5.13 Å². The molecule has 3 N–H and O–H groups in total. The Morgan fingerprint density at radius 3 is 2.47 bits per heavy atom. The molecule has 0 radical (unpaired) electrons. The number of carbonyl (C=O) groups is 2. The summed E-state index contributed by atoms with van der Waals surface area (Å²) in [6.07, 6.45) is 4.36. The van der Waals surface area contributed by atoms with Crippen LogP contribution in [0.25, 0.3) is 0 Å². The van der Waals surface area contributed by atoms with Gasteiger partial charge in [-0.05, 0) is 54.8 Å². The summed E-state index contributed by atoms with van der Waals surface area (Å²) in [5.41, 5.74) is -0.112. The molecule has 36 heavy (non-hydrogen) atoms. The normalized spacial score (nSPS) is 33.1. The number of amides is 2. The fourth-order valence-corrected chi connectivity index (χ4v) is 7.99. The number of fused-ring (bicyclic) bond motifs is 2. The molecule has 1 aromatic rings. The van der Waals surface area contributed by atoms with E-state index in [1.165, 1.54) is 11.3 Å². The van der Waals surface area contributed by atoms with E-state index >= 15 is 0 Å². The zero-order valence-electron chi connectivity index (χ0n) is 22.9. The molecule has 1 saturated heterocycles. The van der Waals surface area contributed by atoms with Crippen LogP contribution in [0.2, 0.25) is 0 Å². The van der Waals surface area contributed by atoms with Crippen LogP contribution >= 0.6 is 11.3 Å². The lowest BCUT2D eigenvalue weighted by molar-refractivity contribution is -0.147. The fourth-order valence-electron chi connectivity index (χ4n) is 6.91. The molecule has 8 heteroatoms. The Morgan fingerprint density at radius 1 is 1.19 bits per heavy atom. The summed E-state index contributed by atoms with van der Waals surface area (Å²) >= 11 is 1.49. The second kappa shape index (κ2) is 9.99. The number of likely N-dealkylation sites (tertiary alicyclic amines) is 1. The van der Waals surface area contributed by atoms with Gasteiger partial charge in [0.2, 0.25) is 11.8 Å². The molecule has 5 atom stereocenters. The first-order valence-electron chi connectivity index (χ1n) is 13.6. The predicted octanol–water partition coefficient (Wildman–Crippen LogP) is 4.58. The molecule has 2 amide bonds. The minimum Gasteiger partial charge on any atom is -0.396 e. The highest BCUT2D eigenvalue weighted by Gasteiger charge is 2.59. The number of aliphatic hydroxyl groups is 2. The van der Waals surface area contributed by atoms with Gasteiger partial charge < -0.3 is 20.4 Å². The summed E-state index contributed by atoms with van der Waals surface area (Å²) < 4.78 is 0. The van der Waals surface area contributed by atoms with Crippen LogP contribution in [0.4, 0.5) is 5.13 Å². The van der Waals surface area contributed by atoms with Crippen molar-refractivity contribution >= 4 is 28.3 Å². The van der Waals surface area contributed by atoms with Crippen molar-refractivity contribution in [1.82, 2.24) is 9.88 Å². The Labute approximate surface area is 220 Å². The maximum atomic E-state index is 13.6. The molecule has 2 fully saturated rings.